The van der Waals surface area contributed by atoms with Crippen molar-refractivity contribution in [2.24, 2.45) is 4.99 Å². The maximum atomic E-state index is 13.4. The average molecular weight is 475 g/mol. The van der Waals surface area contributed by atoms with Crippen molar-refractivity contribution in [2.45, 2.75) is 72.0 Å². The van der Waals surface area contributed by atoms with Gasteiger partial charge in [0, 0.05) is 22.3 Å². The first-order chi connectivity index (χ1) is 15.0. The summed E-state index contributed by atoms with van der Waals surface area (Å²) in [5.41, 5.74) is 2.58. The van der Waals surface area contributed by atoms with Gasteiger partial charge in [-0.05, 0) is 64.1 Å². The van der Waals surface area contributed by atoms with Crippen LogP contribution in [-0.2, 0) is 9.59 Å². The highest BCUT2D eigenvalue weighted by Crippen LogP contribution is 2.44. The van der Waals surface area contributed by atoms with Crippen molar-refractivity contribution in [3.8, 4) is 0 Å². The van der Waals surface area contributed by atoms with E-state index < -0.39 is 11.6 Å². The molecular formula is C24H31ClN4O2S. The minimum Gasteiger partial charge on any atom is -0.353 e. The zero-order valence-corrected chi connectivity index (χ0v) is 21.0. The van der Waals surface area contributed by atoms with Gasteiger partial charge < -0.3 is 15.5 Å². The summed E-state index contributed by atoms with van der Waals surface area (Å²) in [7, 11) is 0. The topological polar surface area (TPSA) is 73.8 Å². The van der Waals surface area contributed by atoms with Crippen LogP contribution in [-0.4, -0.2) is 33.5 Å². The molecule has 2 N–H and O–H groups in total. The van der Waals surface area contributed by atoms with Crippen LogP contribution < -0.4 is 10.6 Å². The SMILES string of the molecule is CCC(C)NC(=O)CC1=CSC2=NC(C)=C(C(=O)NC(C)(C)C)C(c3ccc(Cl)cc3)N12. The molecule has 2 atom stereocenters. The molecule has 3 rings (SSSR count). The van der Waals surface area contributed by atoms with Crippen LogP contribution in [0.3, 0.4) is 0 Å². The summed E-state index contributed by atoms with van der Waals surface area (Å²) in [5, 5.41) is 9.44. The van der Waals surface area contributed by atoms with Crippen molar-refractivity contribution in [3.05, 3.63) is 57.2 Å². The molecule has 172 valence electrons. The van der Waals surface area contributed by atoms with Gasteiger partial charge in [-0.25, -0.2) is 4.99 Å². The lowest BCUT2D eigenvalue weighted by Gasteiger charge is -2.37. The van der Waals surface area contributed by atoms with Gasteiger partial charge >= 0.3 is 0 Å². The number of nitrogens with zero attached hydrogens (tertiary/aromatic N) is 2. The van der Waals surface area contributed by atoms with E-state index in [0.717, 1.165) is 22.8 Å². The first-order valence-electron chi connectivity index (χ1n) is 10.8. The molecule has 0 spiro atoms. The van der Waals surface area contributed by atoms with E-state index in [0.29, 0.717) is 16.3 Å². The fourth-order valence-electron chi connectivity index (χ4n) is 3.62. The quantitative estimate of drug-likeness (QED) is 0.599. The highest BCUT2D eigenvalue weighted by Gasteiger charge is 2.41. The second kappa shape index (κ2) is 9.71. The molecule has 0 bridgehead atoms. The summed E-state index contributed by atoms with van der Waals surface area (Å²) in [4.78, 5) is 32.8. The van der Waals surface area contributed by atoms with Crippen molar-refractivity contribution in [1.29, 1.82) is 0 Å². The van der Waals surface area contributed by atoms with Crippen LogP contribution in [0, 0.1) is 0 Å². The minimum atomic E-state index is -0.403. The summed E-state index contributed by atoms with van der Waals surface area (Å²) in [5.74, 6) is -0.215. The number of hydrogen-bond donors (Lipinski definition) is 2. The molecule has 2 heterocycles. The van der Waals surface area contributed by atoms with Crippen LogP contribution >= 0.6 is 23.4 Å². The van der Waals surface area contributed by atoms with Gasteiger partial charge in [0.25, 0.3) is 5.91 Å². The van der Waals surface area contributed by atoms with Crippen molar-refractivity contribution in [2.75, 3.05) is 0 Å². The van der Waals surface area contributed by atoms with E-state index in [4.69, 9.17) is 16.6 Å². The number of fused-ring (bicyclic) bond motifs is 1. The van der Waals surface area contributed by atoms with E-state index in [1.807, 2.05) is 76.1 Å². The zero-order chi connectivity index (χ0) is 23.6. The van der Waals surface area contributed by atoms with E-state index in [-0.39, 0.29) is 24.3 Å². The van der Waals surface area contributed by atoms with Crippen molar-refractivity contribution >= 4 is 40.3 Å². The number of benzene rings is 1. The van der Waals surface area contributed by atoms with Gasteiger partial charge in [-0.3, -0.25) is 9.59 Å². The van der Waals surface area contributed by atoms with E-state index in [1.54, 1.807) is 0 Å². The third kappa shape index (κ3) is 5.56. The van der Waals surface area contributed by atoms with Crippen LogP contribution in [0.25, 0.3) is 0 Å². The summed E-state index contributed by atoms with van der Waals surface area (Å²) < 4.78 is 0. The van der Waals surface area contributed by atoms with E-state index in [1.165, 1.54) is 11.8 Å². The van der Waals surface area contributed by atoms with Gasteiger partial charge in [-0.1, -0.05) is 42.4 Å². The van der Waals surface area contributed by atoms with Crippen LogP contribution in [0.5, 0.6) is 0 Å². The molecule has 0 aliphatic carbocycles. The smallest absolute Gasteiger partial charge is 0.251 e. The Kier molecular flexibility index (Phi) is 7.40. The number of nitrogens with one attached hydrogen (secondary N) is 2. The van der Waals surface area contributed by atoms with Crippen molar-refractivity contribution in [3.63, 3.8) is 0 Å². The number of hydrogen-bond acceptors (Lipinski definition) is 5. The molecule has 6 nitrogen and oxygen atoms in total. The molecule has 2 aliphatic heterocycles. The third-order valence-corrected chi connectivity index (χ3v) is 6.42. The Bertz CT molecular complexity index is 992. The van der Waals surface area contributed by atoms with Gasteiger partial charge in [0.1, 0.15) is 0 Å². The van der Waals surface area contributed by atoms with Gasteiger partial charge in [-0.15, -0.1) is 0 Å². The van der Waals surface area contributed by atoms with Gasteiger partial charge in [0.2, 0.25) is 5.91 Å². The second-order valence-electron chi connectivity index (χ2n) is 9.20. The summed E-state index contributed by atoms with van der Waals surface area (Å²) in [6.45, 7) is 11.7. The van der Waals surface area contributed by atoms with Crippen molar-refractivity contribution in [1.82, 2.24) is 15.5 Å². The van der Waals surface area contributed by atoms with Crippen LogP contribution in [0.15, 0.2) is 51.6 Å². The number of amides is 2. The Hall–Kier alpha value is -2.25. The fourth-order valence-corrected chi connectivity index (χ4v) is 4.71. The lowest BCUT2D eigenvalue weighted by molar-refractivity contribution is -0.121. The Morgan fingerprint density at radius 2 is 1.91 bits per heavy atom. The Morgan fingerprint density at radius 3 is 2.50 bits per heavy atom. The highest BCUT2D eigenvalue weighted by atomic mass is 35.5. The molecule has 32 heavy (non-hydrogen) atoms. The highest BCUT2D eigenvalue weighted by molar-refractivity contribution is 8.16. The standard InChI is InChI=1S/C24H31ClN4O2S/c1-7-14(2)26-19(30)12-18-13-32-23-27-15(3)20(22(31)28-24(4,5)6)21(29(18)23)16-8-10-17(25)11-9-16/h8-11,13-14,21H,7,12H2,1-6H3,(H,26,30)(H,28,31). The molecule has 0 aromatic heterocycles. The van der Waals surface area contributed by atoms with Crippen LogP contribution in [0.4, 0.5) is 0 Å². The summed E-state index contributed by atoms with van der Waals surface area (Å²) >= 11 is 7.61. The fraction of sp³-hybridized carbons (Fsp3) is 0.458. The molecular weight excluding hydrogens is 444 g/mol. The van der Waals surface area contributed by atoms with Gasteiger partial charge in [0.15, 0.2) is 5.17 Å². The average Bonchev–Trinajstić information content (AvgIpc) is 3.07. The third-order valence-electron chi connectivity index (χ3n) is 5.28. The summed E-state index contributed by atoms with van der Waals surface area (Å²) in [6.07, 6.45) is 1.08. The largest absolute Gasteiger partial charge is 0.353 e. The normalized spacial score (nSPS) is 19.2. The number of thioether (sulfide) groups is 1. The molecule has 2 amide bonds. The molecule has 0 radical (unpaired) electrons. The number of amidine groups is 1. The van der Waals surface area contributed by atoms with Crippen LogP contribution in [0.2, 0.25) is 5.02 Å². The van der Waals surface area contributed by atoms with E-state index >= 15 is 0 Å². The second-order valence-corrected chi connectivity index (χ2v) is 10.5. The number of rotatable bonds is 6. The molecule has 2 unspecified atom stereocenters. The summed E-state index contributed by atoms with van der Waals surface area (Å²) in [6, 6.07) is 7.19. The first kappa shape index (κ1) is 24.4. The molecule has 0 fully saturated rings. The van der Waals surface area contributed by atoms with Gasteiger partial charge in [-0.2, -0.15) is 0 Å². The molecule has 2 aliphatic rings. The lowest BCUT2D eigenvalue weighted by atomic mass is 9.92. The zero-order valence-electron chi connectivity index (χ0n) is 19.5. The predicted octanol–water partition coefficient (Wildman–Crippen LogP) is 5.13. The number of carbonyl (C=O) groups excluding carboxylic acids is 2. The lowest BCUT2D eigenvalue weighted by Crippen LogP contribution is -2.46. The van der Waals surface area contributed by atoms with E-state index in [9.17, 15) is 9.59 Å². The predicted molar refractivity (Wildman–Crippen MR) is 132 cm³/mol. The number of halogens is 1. The monoisotopic (exact) mass is 474 g/mol. The van der Waals surface area contributed by atoms with Gasteiger partial charge in [0.05, 0.1) is 23.7 Å². The minimum absolute atomic E-state index is 0.0470. The number of carbonyl (C=O) groups is 2. The molecule has 1 aromatic carbocycles. The molecule has 0 saturated carbocycles. The van der Waals surface area contributed by atoms with E-state index in [2.05, 4.69) is 10.6 Å². The van der Waals surface area contributed by atoms with Crippen molar-refractivity contribution < 1.29 is 9.59 Å². The number of aliphatic imine (C=N–C) groups is 1. The van der Waals surface area contributed by atoms with Crippen LogP contribution in [0.1, 0.15) is 66.0 Å². The maximum Gasteiger partial charge on any atom is 0.251 e. The molecule has 1 aromatic rings. The number of allylic oxidation sites excluding steroid dienone is 1. The Morgan fingerprint density at radius 1 is 1.25 bits per heavy atom. The first-order valence-corrected chi connectivity index (χ1v) is 12.1. The maximum absolute atomic E-state index is 13.4. The Balaban J connectivity index is 2.01. The molecule has 0 saturated heterocycles. The Labute approximate surface area is 199 Å². The molecule has 8 heteroatoms.